The first-order chi connectivity index (χ1) is 9.56. The number of H-pyrrole nitrogens is 1. The Labute approximate surface area is 122 Å². The smallest absolute Gasteiger partial charge is 0.267 e. The summed E-state index contributed by atoms with van der Waals surface area (Å²) in [5, 5.41) is 12.0. The van der Waals surface area contributed by atoms with Gasteiger partial charge in [0.25, 0.3) is 5.78 Å². The van der Waals surface area contributed by atoms with Crippen molar-refractivity contribution in [3.63, 3.8) is 0 Å². The Hall–Kier alpha value is -1.87. The lowest BCUT2D eigenvalue weighted by Crippen LogP contribution is -2.19. The van der Waals surface area contributed by atoms with Gasteiger partial charge in [-0.25, -0.2) is 9.89 Å². The Morgan fingerprint density at radius 3 is 3.00 bits per heavy atom. The number of rotatable bonds is 3. The molecule has 0 fully saturated rings. The van der Waals surface area contributed by atoms with Crippen molar-refractivity contribution in [3.8, 4) is 0 Å². The van der Waals surface area contributed by atoms with Gasteiger partial charge in [0, 0.05) is 12.1 Å². The highest BCUT2D eigenvalue weighted by atomic mass is 35.5. The van der Waals surface area contributed by atoms with E-state index in [0.29, 0.717) is 21.1 Å². The zero-order chi connectivity index (χ0) is 14.3. The lowest BCUT2D eigenvalue weighted by atomic mass is 10.4. The summed E-state index contributed by atoms with van der Waals surface area (Å²) in [5.74, 6) is 0.397. The molecule has 20 heavy (non-hydrogen) atoms. The molecule has 0 atom stereocenters. The van der Waals surface area contributed by atoms with Gasteiger partial charge < -0.3 is 0 Å². The summed E-state index contributed by atoms with van der Waals surface area (Å²) in [5.41, 5.74) is -0.252. The van der Waals surface area contributed by atoms with Crippen molar-refractivity contribution in [1.29, 1.82) is 0 Å². The number of halogens is 1. The van der Waals surface area contributed by atoms with E-state index in [4.69, 9.17) is 11.6 Å². The van der Waals surface area contributed by atoms with E-state index in [1.165, 1.54) is 18.1 Å². The summed E-state index contributed by atoms with van der Waals surface area (Å²) in [6.45, 7) is 3.82. The van der Waals surface area contributed by atoms with Gasteiger partial charge in [0.05, 0.1) is 0 Å². The van der Waals surface area contributed by atoms with Crippen LogP contribution in [0.3, 0.4) is 0 Å². The molecule has 104 valence electrons. The molecule has 0 aliphatic heterocycles. The third kappa shape index (κ3) is 2.18. The summed E-state index contributed by atoms with van der Waals surface area (Å²) in [6.07, 6.45) is 1.39. The molecular weight excluding hydrogens is 302 g/mol. The van der Waals surface area contributed by atoms with Crippen LogP contribution in [-0.4, -0.2) is 34.3 Å². The molecule has 0 amide bonds. The molecule has 3 aromatic heterocycles. The molecule has 0 unspecified atom stereocenters. The number of nitrogens with one attached hydrogen (secondary N) is 1. The van der Waals surface area contributed by atoms with Crippen LogP contribution in [0.15, 0.2) is 27.4 Å². The van der Waals surface area contributed by atoms with Crippen LogP contribution in [0.5, 0.6) is 0 Å². The van der Waals surface area contributed by atoms with Gasteiger partial charge in [0.1, 0.15) is 16.5 Å². The Kier molecular flexibility index (Phi) is 3.22. The Morgan fingerprint density at radius 2 is 2.25 bits per heavy atom. The lowest BCUT2D eigenvalue weighted by Gasteiger charge is -2.08. The van der Waals surface area contributed by atoms with Crippen LogP contribution in [0, 0.1) is 0 Å². The van der Waals surface area contributed by atoms with Crippen molar-refractivity contribution in [2.45, 2.75) is 30.1 Å². The van der Waals surface area contributed by atoms with E-state index in [9.17, 15) is 4.79 Å². The van der Waals surface area contributed by atoms with Crippen molar-refractivity contribution < 1.29 is 0 Å². The summed E-state index contributed by atoms with van der Waals surface area (Å²) < 4.78 is 3.10. The third-order valence-electron chi connectivity index (χ3n) is 2.57. The lowest BCUT2D eigenvalue weighted by molar-refractivity contribution is 0.533. The molecule has 0 aromatic carbocycles. The molecule has 0 saturated heterocycles. The van der Waals surface area contributed by atoms with Crippen LogP contribution in [0.1, 0.15) is 19.9 Å². The van der Waals surface area contributed by atoms with Crippen molar-refractivity contribution >= 4 is 29.1 Å². The van der Waals surface area contributed by atoms with Crippen LogP contribution in [0.2, 0.25) is 5.15 Å². The second-order valence-corrected chi connectivity index (χ2v) is 5.64. The number of fused-ring (bicyclic) bond motifs is 1. The minimum absolute atomic E-state index is 0.00713. The molecule has 10 heteroatoms. The molecule has 0 spiro atoms. The van der Waals surface area contributed by atoms with Crippen LogP contribution in [0.25, 0.3) is 5.78 Å². The fraction of sp³-hybridized carbons (Fsp3) is 0.300. The second-order valence-electron chi connectivity index (χ2n) is 4.27. The molecule has 3 heterocycles. The van der Waals surface area contributed by atoms with Crippen LogP contribution in [0.4, 0.5) is 0 Å². The van der Waals surface area contributed by atoms with E-state index >= 15 is 0 Å². The Balaban J connectivity index is 2.10. The van der Waals surface area contributed by atoms with Gasteiger partial charge in [-0.15, -0.1) is 5.10 Å². The SMILES string of the molecule is CC(C)n1c(Sc2cc(Cl)nc3ncnn23)n[nH]c1=O. The van der Waals surface area contributed by atoms with Crippen LogP contribution < -0.4 is 5.69 Å². The molecule has 0 radical (unpaired) electrons. The number of hydrogen-bond donors (Lipinski definition) is 1. The largest absolute Gasteiger partial charge is 0.344 e. The molecule has 0 aliphatic carbocycles. The van der Waals surface area contributed by atoms with Crippen LogP contribution in [-0.2, 0) is 0 Å². The first-order valence-electron chi connectivity index (χ1n) is 5.77. The zero-order valence-corrected chi connectivity index (χ0v) is 12.2. The van der Waals surface area contributed by atoms with Gasteiger partial charge in [-0.2, -0.15) is 19.6 Å². The maximum absolute atomic E-state index is 11.7. The highest BCUT2D eigenvalue weighted by molar-refractivity contribution is 7.99. The topological polar surface area (TPSA) is 93.8 Å². The van der Waals surface area contributed by atoms with Gasteiger partial charge >= 0.3 is 5.69 Å². The van der Waals surface area contributed by atoms with E-state index in [1.807, 2.05) is 13.8 Å². The number of aromatic amines is 1. The minimum atomic E-state index is -0.252. The minimum Gasteiger partial charge on any atom is -0.267 e. The fourth-order valence-electron chi connectivity index (χ4n) is 1.74. The molecule has 3 rings (SSSR count). The highest BCUT2D eigenvalue weighted by Gasteiger charge is 2.15. The average molecular weight is 312 g/mol. The summed E-state index contributed by atoms with van der Waals surface area (Å²) in [7, 11) is 0. The zero-order valence-electron chi connectivity index (χ0n) is 10.6. The van der Waals surface area contributed by atoms with Crippen molar-refractivity contribution in [3.05, 3.63) is 28.0 Å². The van der Waals surface area contributed by atoms with E-state index in [-0.39, 0.29) is 11.7 Å². The average Bonchev–Trinajstić information content (AvgIpc) is 2.95. The van der Waals surface area contributed by atoms with E-state index < -0.39 is 0 Å². The second kappa shape index (κ2) is 4.91. The number of aromatic nitrogens is 7. The van der Waals surface area contributed by atoms with E-state index in [0.717, 1.165) is 0 Å². The van der Waals surface area contributed by atoms with Gasteiger partial charge in [0.2, 0.25) is 0 Å². The standard InChI is InChI=1S/C10H10ClN7OS/c1-5(2)17-9(19)15-16-10(17)20-7-3-6(11)14-8-12-4-13-18(7)8/h3-5H,1-2H3,(H,15,19). The molecule has 0 aliphatic rings. The van der Waals surface area contributed by atoms with Gasteiger partial charge in [-0.1, -0.05) is 11.6 Å². The fourth-order valence-corrected chi connectivity index (χ4v) is 3.04. The quantitative estimate of drug-likeness (QED) is 0.735. The highest BCUT2D eigenvalue weighted by Crippen LogP contribution is 2.27. The normalized spacial score (nSPS) is 11.6. The first-order valence-corrected chi connectivity index (χ1v) is 6.96. The molecular formula is C10H10ClN7OS. The molecule has 0 saturated carbocycles. The molecule has 8 nitrogen and oxygen atoms in total. The van der Waals surface area contributed by atoms with Crippen molar-refractivity contribution in [2.24, 2.45) is 0 Å². The molecule has 3 aromatic rings. The number of nitrogens with zero attached hydrogens (tertiary/aromatic N) is 6. The van der Waals surface area contributed by atoms with Crippen LogP contribution >= 0.6 is 23.4 Å². The molecule has 0 bridgehead atoms. The van der Waals surface area contributed by atoms with Gasteiger partial charge in [-0.3, -0.25) is 4.57 Å². The maximum atomic E-state index is 11.7. The molecule has 1 N–H and O–H groups in total. The predicted octanol–water partition coefficient (Wildman–Crippen LogP) is 1.39. The van der Waals surface area contributed by atoms with Crippen molar-refractivity contribution in [2.75, 3.05) is 0 Å². The summed E-state index contributed by atoms with van der Waals surface area (Å²) >= 11 is 7.22. The maximum Gasteiger partial charge on any atom is 0.344 e. The monoisotopic (exact) mass is 311 g/mol. The third-order valence-corrected chi connectivity index (χ3v) is 3.74. The summed E-state index contributed by atoms with van der Waals surface area (Å²) in [4.78, 5) is 19.7. The van der Waals surface area contributed by atoms with E-state index in [1.54, 1.807) is 15.1 Å². The predicted molar refractivity (Wildman–Crippen MR) is 73.1 cm³/mol. The Morgan fingerprint density at radius 1 is 1.45 bits per heavy atom. The van der Waals surface area contributed by atoms with Gasteiger partial charge in [-0.05, 0) is 25.6 Å². The summed E-state index contributed by atoms with van der Waals surface area (Å²) in [6, 6.07) is 1.64. The van der Waals surface area contributed by atoms with Gasteiger partial charge in [0.15, 0.2) is 5.16 Å². The van der Waals surface area contributed by atoms with Crippen molar-refractivity contribution in [1.82, 2.24) is 34.3 Å². The van der Waals surface area contributed by atoms with E-state index in [2.05, 4.69) is 25.3 Å². The Bertz CT molecular complexity index is 820. The first kappa shape index (κ1) is 13.1. The number of hydrogen-bond acceptors (Lipinski definition) is 6.